The van der Waals surface area contributed by atoms with Crippen molar-refractivity contribution >= 4 is 11.5 Å². The molecule has 0 bridgehead atoms. The van der Waals surface area contributed by atoms with Crippen molar-refractivity contribution in [1.29, 1.82) is 0 Å². The summed E-state index contributed by atoms with van der Waals surface area (Å²) >= 11 is 0. The molecule has 1 aliphatic heterocycles. The first-order valence-electron chi connectivity index (χ1n) is 8.65. The molecule has 1 atom stereocenters. The van der Waals surface area contributed by atoms with E-state index in [4.69, 9.17) is 5.10 Å². The lowest BCUT2D eigenvalue weighted by Crippen LogP contribution is -2.23. The van der Waals surface area contributed by atoms with Gasteiger partial charge < -0.3 is 4.90 Å². The highest BCUT2D eigenvalue weighted by Gasteiger charge is 2.27. The van der Waals surface area contributed by atoms with Gasteiger partial charge in [-0.15, -0.1) is 15.3 Å². The summed E-state index contributed by atoms with van der Waals surface area (Å²) in [7, 11) is 0. The second kappa shape index (κ2) is 5.79. The standard InChI is InChI=1S/C19H22FN5/c1-19(2,3)18-22-21-16-7-8-17(23-25(16)18)24-10-9-14(12-24)13-5-4-6-15(20)11-13/h4-8,11,14H,9-10,12H2,1-3H3. The van der Waals surface area contributed by atoms with Crippen molar-refractivity contribution in [2.45, 2.75) is 38.5 Å². The maximum atomic E-state index is 13.5. The molecule has 2 aromatic heterocycles. The van der Waals surface area contributed by atoms with Crippen LogP contribution >= 0.6 is 0 Å². The van der Waals surface area contributed by atoms with E-state index in [1.54, 1.807) is 12.1 Å². The summed E-state index contributed by atoms with van der Waals surface area (Å²) in [6.45, 7) is 8.07. The van der Waals surface area contributed by atoms with E-state index in [2.05, 4.69) is 35.9 Å². The molecule has 1 fully saturated rings. The second-order valence-electron chi connectivity index (χ2n) is 7.72. The first-order valence-corrected chi connectivity index (χ1v) is 8.65. The van der Waals surface area contributed by atoms with Crippen LogP contribution in [0.5, 0.6) is 0 Å². The van der Waals surface area contributed by atoms with Gasteiger partial charge in [-0.25, -0.2) is 4.39 Å². The minimum absolute atomic E-state index is 0.125. The molecule has 3 heterocycles. The van der Waals surface area contributed by atoms with Crippen LogP contribution in [-0.2, 0) is 5.41 Å². The summed E-state index contributed by atoms with van der Waals surface area (Å²) in [6, 6.07) is 10.9. The maximum absolute atomic E-state index is 13.5. The Bertz CT molecular complexity index is 912. The maximum Gasteiger partial charge on any atom is 0.178 e. The lowest BCUT2D eigenvalue weighted by molar-refractivity contribution is 0.526. The fourth-order valence-electron chi connectivity index (χ4n) is 3.42. The molecule has 1 unspecified atom stereocenters. The van der Waals surface area contributed by atoms with E-state index in [0.717, 1.165) is 42.4 Å². The van der Waals surface area contributed by atoms with Crippen LogP contribution in [0.1, 0.15) is 44.5 Å². The van der Waals surface area contributed by atoms with E-state index >= 15 is 0 Å². The molecule has 4 rings (SSSR count). The summed E-state index contributed by atoms with van der Waals surface area (Å²) in [6.07, 6.45) is 0.997. The SMILES string of the molecule is CC(C)(C)c1nnc2ccc(N3CCC(c4cccc(F)c4)C3)nn12. The zero-order valence-corrected chi connectivity index (χ0v) is 14.8. The summed E-state index contributed by atoms with van der Waals surface area (Å²) in [5, 5.41) is 13.3. The minimum atomic E-state index is -0.171. The molecule has 0 N–H and O–H groups in total. The van der Waals surface area contributed by atoms with Crippen LogP contribution in [0, 0.1) is 5.82 Å². The number of hydrogen-bond donors (Lipinski definition) is 0. The van der Waals surface area contributed by atoms with E-state index in [9.17, 15) is 4.39 Å². The Kier molecular flexibility index (Phi) is 3.71. The minimum Gasteiger partial charge on any atom is -0.355 e. The van der Waals surface area contributed by atoms with E-state index in [1.807, 2.05) is 22.7 Å². The van der Waals surface area contributed by atoms with Crippen molar-refractivity contribution in [2.75, 3.05) is 18.0 Å². The first-order chi connectivity index (χ1) is 11.9. The van der Waals surface area contributed by atoms with Crippen molar-refractivity contribution in [3.8, 4) is 0 Å². The fourth-order valence-corrected chi connectivity index (χ4v) is 3.42. The number of aromatic nitrogens is 4. The zero-order valence-electron chi connectivity index (χ0n) is 14.8. The molecular weight excluding hydrogens is 317 g/mol. The average Bonchev–Trinajstić information content (AvgIpc) is 3.21. The van der Waals surface area contributed by atoms with Gasteiger partial charge in [-0.05, 0) is 36.2 Å². The molecule has 6 heteroatoms. The Labute approximate surface area is 146 Å². The lowest BCUT2D eigenvalue weighted by Gasteiger charge is -2.19. The second-order valence-corrected chi connectivity index (χ2v) is 7.72. The third-order valence-electron chi connectivity index (χ3n) is 4.75. The highest BCUT2D eigenvalue weighted by atomic mass is 19.1. The van der Waals surface area contributed by atoms with Crippen LogP contribution < -0.4 is 4.90 Å². The van der Waals surface area contributed by atoms with Gasteiger partial charge in [0.15, 0.2) is 11.5 Å². The molecule has 130 valence electrons. The smallest absolute Gasteiger partial charge is 0.178 e. The highest BCUT2D eigenvalue weighted by molar-refractivity contribution is 5.47. The number of halogens is 1. The normalized spacial score (nSPS) is 18.2. The predicted octanol–water partition coefficient (Wildman–Crippen LogP) is 3.55. The Morgan fingerprint density at radius 2 is 1.96 bits per heavy atom. The Morgan fingerprint density at radius 3 is 2.72 bits per heavy atom. The number of nitrogens with zero attached hydrogens (tertiary/aromatic N) is 5. The third kappa shape index (κ3) is 2.97. The molecule has 1 aliphatic rings. The van der Waals surface area contributed by atoms with Crippen LogP contribution in [0.25, 0.3) is 5.65 Å². The highest BCUT2D eigenvalue weighted by Crippen LogP contribution is 2.30. The van der Waals surface area contributed by atoms with Gasteiger partial charge in [0.25, 0.3) is 0 Å². The van der Waals surface area contributed by atoms with Crippen molar-refractivity contribution in [2.24, 2.45) is 0 Å². The van der Waals surface area contributed by atoms with E-state index in [-0.39, 0.29) is 11.2 Å². The Hall–Kier alpha value is -2.50. The third-order valence-corrected chi connectivity index (χ3v) is 4.75. The van der Waals surface area contributed by atoms with Crippen LogP contribution in [0.3, 0.4) is 0 Å². The van der Waals surface area contributed by atoms with E-state index < -0.39 is 0 Å². The summed E-state index contributed by atoms with van der Waals surface area (Å²) in [5.41, 5.74) is 1.69. The molecule has 0 amide bonds. The Balaban J connectivity index is 1.62. The molecule has 25 heavy (non-hydrogen) atoms. The van der Waals surface area contributed by atoms with Crippen molar-refractivity contribution in [3.05, 3.63) is 53.6 Å². The van der Waals surface area contributed by atoms with Crippen molar-refractivity contribution in [3.63, 3.8) is 0 Å². The van der Waals surface area contributed by atoms with Gasteiger partial charge in [0.2, 0.25) is 0 Å². The number of benzene rings is 1. The van der Waals surface area contributed by atoms with E-state index in [1.165, 1.54) is 6.07 Å². The molecule has 0 spiro atoms. The number of rotatable bonds is 2. The summed E-state index contributed by atoms with van der Waals surface area (Å²) in [5.74, 6) is 1.92. The summed E-state index contributed by atoms with van der Waals surface area (Å²) < 4.78 is 15.3. The quantitative estimate of drug-likeness (QED) is 0.716. The van der Waals surface area contributed by atoms with Crippen molar-refractivity contribution in [1.82, 2.24) is 19.8 Å². The largest absolute Gasteiger partial charge is 0.355 e. The molecular formula is C19H22FN5. The first kappa shape index (κ1) is 16.0. The van der Waals surface area contributed by atoms with Gasteiger partial charge in [0.1, 0.15) is 11.6 Å². The molecule has 1 aromatic carbocycles. The molecule has 5 nitrogen and oxygen atoms in total. The van der Waals surface area contributed by atoms with Gasteiger partial charge in [0, 0.05) is 24.4 Å². The number of hydrogen-bond acceptors (Lipinski definition) is 4. The topological polar surface area (TPSA) is 46.3 Å². The van der Waals surface area contributed by atoms with Gasteiger partial charge >= 0.3 is 0 Å². The molecule has 0 radical (unpaired) electrons. The van der Waals surface area contributed by atoms with Crippen LogP contribution in [0.15, 0.2) is 36.4 Å². The fraction of sp³-hybridized carbons (Fsp3) is 0.421. The van der Waals surface area contributed by atoms with Crippen LogP contribution in [0.4, 0.5) is 10.2 Å². The van der Waals surface area contributed by atoms with Crippen LogP contribution in [-0.4, -0.2) is 32.9 Å². The van der Waals surface area contributed by atoms with Gasteiger partial charge in [-0.1, -0.05) is 32.9 Å². The Morgan fingerprint density at radius 1 is 1.12 bits per heavy atom. The lowest BCUT2D eigenvalue weighted by atomic mass is 9.96. The van der Waals surface area contributed by atoms with Crippen LogP contribution in [0.2, 0.25) is 0 Å². The summed E-state index contributed by atoms with van der Waals surface area (Å²) in [4.78, 5) is 2.25. The molecule has 3 aromatic rings. The molecule has 0 aliphatic carbocycles. The monoisotopic (exact) mass is 339 g/mol. The molecule has 1 saturated heterocycles. The van der Waals surface area contributed by atoms with Gasteiger partial charge in [-0.2, -0.15) is 4.52 Å². The van der Waals surface area contributed by atoms with E-state index in [0.29, 0.717) is 5.92 Å². The number of anilines is 1. The van der Waals surface area contributed by atoms with Gasteiger partial charge in [0.05, 0.1) is 0 Å². The number of fused-ring (bicyclic) bond motifs is 1. The predicted molar refractivity (Wildman–Crippen MR) is 95.5 cm³/mol. The van der Waals surface area contributed by atoms with Crippen molar-refractivity contribution < 1.29 is 4.39 Å². The van der Waals surface area contributed by atoms with Gasteiger partial charge in [-0.3, -0.25) is 0 Å². The molecule has 0 saturated carbocycles. The zero-order chi connectivity index (χ0) is 17.6. The average molecular weight is 339 g/mol.